The summed E-state index contributed by atoms with van der Waals surface area (Å²) >= 11 is 0. The number of nitro benzene ring substituents is 1. The molecule has 0 aliphatic heterocycles. The molecular weight excluding hydrogens is 264 g/mol. The molecule has 0 bridgehead atoms. The number of rotatable bonds is 5. The summed E-state index contributed by atoms with van der Waals surface area (Å²) in [6, 6.07) is 17.4. The van der Waals surface area contributed by atoms with Gasteiger partial charge in [-0.15, -0.1) is 0 Å². The first-order valence-corrected chi connectivity index (χ1v) is 7.01. The van der Waals surface area contributed by atoms with Crippen molar-refractivity contribution in [2.45, 2.75) is 19.4 Å². The van der Waals surface area contributed by atoms with Gasteiger partial charge in [0.25, 0.3) is 5.69 Å². The maximum Gasteiger partial charge on any atom is 0.271 e. The van der Waals surface area contributed by atoms with Crippen LogP contribution in [-0.2, 0) is 13.0 Å². The Balaban J connectivity index is 1.74. The minimum Gasteiger partial charge on any atom is -0.347 e. The Morgan fingerprint density at radius 3 is 2.62 bits per heavy atom. The molecule has 0 unspecified atom stereocenters. The van der Waals surface area contributed by atoms with Crippen LogP contribution in [0, 0.1) is 10.1 Å². The molecule has 0 spiro atoms. The number of benzene rings is 2. The number of aromatic nitrogens is 1. The zero-order valence-corrected chi connectivity index (χ0v) is 11.6. The molecule has 3 rings (SSSR count). The van der Waals surface area contributed by atoms with Crippen molar-refractivity contribution >= 4 is 16.6 Å². The van der Waals surface area contributed by atoms with Gasteiger partial charge < -0.3 is 4.57 Å². The zero-order valence-electron chi connectivity index (χ0n) is 11.6. The number of nitrogens with zero attached hydrogens (tertiary/aromatic N) is 2. The minimum atomic E-state index is -0.346. The summed E-state index contributed by atoms with van der Waals surface area (Å²) in [5.74, 6) is 0. The third-order valence-electron chi connectivity index (χ3n) is 3.68. The maximum absolute atomic E-state index is 10.9. The van der Waals surface area contributed by atoms with Crippen molar-refractivity contribution in [3.8, 4) is 0 Å². The van der Waals surface area contributed by atoms with Gasteiger partial charge in [-0.25, -0.2) is 0 Å². The molecule has 0 radical (unpaired) electrons. The summed E-state index contributed by atoms with van der Waals surface area (Å²) in [6.07, 6.45) is 4.02. The predicted molar refractivity (Wildman–Crippen MR) is 83.4 cm³/mol. The first-order chi connectivity index (χ1) is 10.2. The van der Waals surface area contributed by atoms with Gasteiger partial charge in [0.2, 0.25) is 0 Å². The fraction of sp³-hybridized carbons (Fsp3) is 0.176. The second-order valence-corrected chi connectivity index (χ2v) is 5.10. The van der Waals surface area contributed by atoms with Crippen molar-refractivity contribution in [3.63, 3.8) is 0 Å². The fourth-order valence-electron chi connectivity index (χ4n) is 2.58. The van der Waals surface area contributed by atoms with Gasteiger partial charge in [0.05, 0.1) is 10.4 Å². The average Bonchev–Trinajstić information content (AvgIpc) is 2.91. The third kappa shape index (κ3) is 2.94. The molecule has 2 aromatic carbocycles. The Hall–Kier alpha value is -2.62. The smallest absolute Gasteiger partial charge is 0.271 e. The van der Waals surface area contributed by atoms with E-state index in [0.717, 1.165) is 30.3 Å². The lowest BCUT2D eigenvalue weighted by atomic mass is 10.1. The van der Waals surface area contributed by atoms with E-state index in [0.29, 0.717) is 0 Å². The number of hydrogen-bond donors (Lipinski definition) is 0. The number of non-ortho nitro benzene ring substituents is 1. The van der Waals surface area contributed by atoms with Gasteiger partial charge in [0.15, 0.2) is 0 Å². The molecule has 0 aliphatic carbocycles. The lowest BCUT2D eigenvalue weighted by molar-refractivity contribution is -0.384. The summed E-state index contributed by atoms with van der Waals surface area (Å²) < 4.78 is 2.09. The Morgan fingerprint density at radius 1 is 1.05 bits per heavy atom. The SMILES string of the molecule is O=[N+]([O-])c1ccc2ccn(CCCc3ccccc3)c2c1. The van der Waals surface area contributed by atoms with Crippen LogP contribution in [0.3, 0.4) is 0 Å². The highest BCUT2D eigenvalue weighted by Crippen LogP contribution is 2.22. The van der Waals surface area contributed by atoms with Gasteiger partial charge in [-0.3, -0.25) is 10.1 Å². The second kappa shape index (κ2) is 5.79. The largest absolute Gasteiger partial charge is 0.347 e. The highest BCUT2D eigenvalue weighted by atomic mass is 16.6. The van der Waals surface area contributed by atoms with E-state index < -0.39 is 0 Å². The van der Waals surface area contributed by atoms with E-state index in [9.17, 15) is 10.1 Å². The Labute approximate surface area is 122 Å². The van der Waals surface area contributed by atoms with Crippen molar-refractivity contribution in [2.75, 3.05) is 0 Å². The normalized spacial score (nSPS) is 10.9. The van der Waals surface area contributed by atoms with Crippen LogP contribution in [0.2, 0.25) is 0 Å². The maximum atomic E-state index is 10.9. The fourth-order valence-corrected chi connectivity index (χ4v) is 2.58. The number of aryl methyl sites for hydroxylation is 2. The average molecular weight is 280 g/mol. The Morgan fingerprint density at radius 2 is 1.86 bits per heavy atom. The van der Waals surface area contributed by atoms with Crippen LogP contribution in [0.1, 0.15) is 12.0 Å². The molecule has 0 saturated heterocycles. The van der Waals surface area contributed by atoms with Crippen LogP contribution in [0.5, 0.6) is 0 Å². The first kappa shape index (κ1) is 13.4. The van der Waals surface area contributed by atoms with Crippen LogP contribution < -0.4 is 0 Å². The van der Waals surface area contributed by atoms with Crippen LogP contribution in [0.4, 0.5) is 5.69 Å². The van der Waals surface area contributed by atoms with E-state index >= 15 is 0 Å². The highest BCUT2D eigenvalue weighted by molar-refractivity contribution is 5.82. The standard InChI is InChI=1S/C17H16N2O2/c20-19(21)16-9-8-15-10-12-18(17(15)13-16)11-4-7-14-5-2-1-3-6-14/h1-3,5-6,8-10,12-13H,4,7,11H2. The van der Waals surface area contributed by atoms with Crippen molar-refractivity contribution < 1.29 is 4.92 Å². The number of hydrogen-bond acceptors (Lipinski definition) is 2. The highest BCUT2D eigenvalue weighted by Gasteiger charge is 2.08. The van der Waals surface area contributed by atoms with Crippen molar-refractivity contribution in [3.05, 3.63) is 76.5 Å². The van der Waals surface area contributed by atoms with E-state index in [-0.39, 0.29) is 10.6 Å². The van der Waals surface area contributed by atoms with Crippen LogP contribution in [0.15, 0.2) is 60.8 Å². The monoisotopic (exact) mass is 280 g/mol. The molecule has 3 aromatic rings. The first-order valence-electron chi connectivity index (χ1n) is 7.01. The number of nitro groups is 1. The predicted octanol–water partition coefficient (Wildman–Crippen LogP) is 4.18. The molecule has 21 heavy (non-hydrogen) atoms. The van der Waals surface area contributed by atoms with E-state index in [1.54, 1.807) is 18.2 Å². The topological polar surface area (TPSA) is 48.1 Å². The molecule has 4 heteroatoms. The molecule has 0 aliphatic rings. The molecule has 0 amide bonds. The molecule has 0 saturated carbocycles. The Bertz CT molecular complexity index is 763. The van der Waals surface area contributed by atoms with Crippen LogP contribution >= 0.6 is 0 Å². The van der Waals surface area contributed by atoms with E-state index in [1.165, 1.54) is 5.56 Å². The van der Waals surface area contributed by atoms with Gasteiger partial charge in [0.1, 0.15) is 0 Å². The quantitative estimate of drug-likeness (QED) is 0.520. The molecule has 0 atom stereocenters. The van der Waals surface area contributed by atoms with E-state index in [2.05, 4.69) is 16.7 Å². The van der Waals surface area contributed by atoms with E-state index in [1.807, 2.05) is 30.5 Å². The van der Waals surface area contributed by atoms with Gasteiger partial charge >= 0.3 is 0 Å². The summed E-state index contributed by atoms with van der Waals surface area (Å²) in [5.41, 5.74) is 2.39. The van der Waals surface area contributed by atoms with Gasteiger partial charge in [-0.1, -0.05) is 30.3 Å². The molecule has 0 N–H and O–H groups in total. The molecule has 106 valence electrons. The molecule has 1 heterocycles. The molecule has 1 aromatic heterocycles. The third-order valence-corrected chi connectivity index (χ3v) is 3.68. The van der Waals surface area contributed by atoms with Gasteiger partial charge in [-0.2, -0.15) is 0 Å². The lowest BCUT2D eigenvalue weighted by Crippen LogP contribution is -1.98. The molecule has 4 nitrogen and oxygen atoms in total. The molecule has 0 fully saturated rings. The van der Waals surface area contributed by atoms with Crippen LogP contribution in [-0.4, -0.2) is 9.49 Å². The minimum absolute atomic E-state index is 0.144. The number of fused-ring (bicyclic) bond motifs is 1. The lowest BCUT2D eigenvalue weighted by Gasteiger charge is -2.05. The molecular formula is C17H16N2O2. The van der Waals surface area contributed by atoms with E-state index in [4.69, 9.17) is 0 Å². The van der Waals surface area contributed by atoms with Gasteiger partial charge in [0, 0.05) is 30.3 Å². The summed E-state index contributed by atoms with van der Waals surface area (Å²) in [5, 5.41) is 11.9. The summed E-state index contributed by atoms with van der Waals surface area (Å²) in [7, 11) is 0. The summed E-state index contributed by atoms with van der Waals surface area (Å²) in [6.45, 7) is 0.861. The van der Waals surface area contributed by atoms with Gasteiger partial charge in [-0.05, 0) is 30.5 Å². The van der Waals surface area contributed by atoms with Crippen molar-refractivity contribution in [2.24, 2.45) is 0 Å². The van der Waals surface area contributed by atoms with Crippen molar-refractivity contribution in [1.82, 2.24) is 4.57 Å². The van der Waals surface area contributed by atoms with Crippen molar-refractivity contribution in [1.29, 1.82) is 0 Å². The zero-order chi connectivity index (χ0) is 14.7. The summed E-state index contributed by atoms with van der Waals surface area (Å²) in [4.78, 5) is 10.5. The Kier molecular flexibility index (Phi) is 3.69. The van der Waals surface area contributed by atoms with Crippen LogP contribution in [0.25, 0.3) is 10.9 Å². The second-order valence-electron chi connectivity index (χ2n) is 5.10.